The van der Waals surface area contributed by atoms with Gasteiger partial charge in [0, 0.05) is 6.42 Å². The number of aliphatic hydroxyl groups is 1. The second-order valence-corrected chi connectivity index (χ2v) is 30.3. The van der Waals surface area contributed by atoms with Crippen molar-refractivity contribution in [3.8, 4) is 0 Å². The Morgan fingerprint density at radius 2 is 0.609 bits per heavy atom. The van der Waals surface area contributed by atoms with E-state index in [2.05, 4.69) is 19.2 Å². The van der Waals surface area contributed by atoms with Crippen molar-refractivity contribution in [3.05, 3.63) is 12.2 Å². The first-order valence-corrected chi connectivity index (χ1v) is 41.1. The maximum atomic E-state index is 13.1. The number of nitrogens with zero attached hydrogens (tertiary/aromatic N) is 1. The van der Waals surface area contributed by atoms with E-state index >= 15 is 0 Å². The van der Waals surface area contributed by atoms with Crippen LogP contribution in [0.1, 0.15) is 431 Å². The average Bonchev–Trinajstić information content (AvgIpc) is 3.70. The van der Waals surface area contributed by atoms with Crippen LogP contribution in [0.4, 0.5) is 0 Å². The third-order valence-electron chi connectivity index (χ3n) is 18.8. The zero-order valence-corrected chi connectivity index (χ0v) is 60.7. The summed E-state index contributed by atoms with van der Waals surface area (Å²) < 4.78 is 23.9. The van der Waals surface area contributed by atoms with E-state index in [1.165, 1.54) is 379 Å². The number of allylic oxidation sites excluding steroid dienone is 1. The maximum Gasteiger partial charge on any atom is 0.472 e. The number of hydrogen-bond donors (Lipinski definition) is 3. The molecule has 0 aromatic rings. The zero-order valence-electron chi connectivity index (χ0n) is 59.8. The number of rotatable bonds is 75. The molecule has 0 aliphatic rings. The fourth-order valence-electron chi connectivity index (χ4n) is 12.6. The molecule has 0 fully saturated rings. The lowest BCUT2D eigenvalue weighted by Crippen LogP contribution is -2.45. The molecular formula is C78H158N2O6P+. The minimum Gasteiger partial charge on any atom is -0.387 e. The monoisotopic (exact) mass is 1250 g/mol. The average molecular weight is 1250 g/mol. The molecule has 9 heteroatoms. The largest absolute Gasteiger partial charge is 0.472 e. The first-order valence-electron chi connectivity index (χ1n) is 39.6. The highest BCUT2D eigenvalue weighted by molar-refractivity contribution is 7.47. The van der Waals surface area contributed by atoms with Gasteiger partial charge in [0.1, 0.15) is 13.2 Å². The minimum absolute atomic E-state index is 0.0656. The number of carbonyl (C=O) groups is 1. The van der Waals surface area contributed by atoms with E-state index in [4.69, 9.17) is 9.05 Å². The highest BCUT2D eigenvalue weighted by Gasteiger charge is 2.28. The molecule has 0 aromatic heterocycles. The van der Waals surface area contributed by atoms with Crippen LogP contribution in [-0.4, -0.2) is 73.4 Å². The number of quaternary nitrogens is 1. The molecule has 0 saturated carbocycles. The summed E-state index contributed by atoms with van der Waals surface area (Å²) in [5, 5.41) is 14.0. The summed E-state index contributed by atoms with van der Waals surface area (Å²) in [6.07, 6.45) is 91.3. The van der Waals surface area contributed by atoms with Gasteiger partial charge in [0.2, 0.25) is 5.91 Å². The Morgan fingerprint density at radius 1 is 0.379 bits per heavy atom. The maximum absolute atomic E-state index is 13.1. The number of nitrogens with one attached hydrogen (secondary N) is 1. The Morgan fingerprint density at radius 3 is 0.851 bits per heavy atom. The van der Waals surface area contributed by atoms with Crippen LogP contribution in [0.5, 0.6) is 0 Å². The van der Waals surface area contributed by atoms with Gasteiger partial charge in [0.05, 0.1) is 39.9 Å². The molecule has 1 amide bonds. The summed E-state index contributed by atoms with van der Waals surface area (Å²) >= 11 is 0. The van der Waals surface area contributed by atoms with Crippen molar-refractivity contribution in [3.63, 3.8) is 0 Å². The first kappa shape index (κ1) is 86.2. The molecule has 0 aliphatic carbocycles. The number of likely N-dealkylation sites (N-methyl/N-ethyl adjacent to an activating group) is 1. The predicted molar refractivity (Wildman–Crippen MR) is 383 cm³/mol. The molecule has 0 aromatic carbocycles. The summed E-state index contributed by atoms with van der Waals surface area (Å²) in [5.74, 6) is -0.166. The normalized spacial score (nSPS) is 13.5. The lowest BCUT2D eigenvalue weighted by molar-refractivity contribution is -0.870. The molecule has 0 spiro atoms. The molecule has 0 rings (SSSR count). The number of carbonyl (C=O) groups excluding carboxylic acids is 1. The standard InChI is InChI=1S/C78H157N2O6P/c1-6-8-10-12-14-16-18-20-22-24-26-28-30-32-33-34-35-36-37-38-39-40-41-42-43-44-45-46-48-50-52-54-56-58-60-62-64-66-68-70-72-78(82)79-76(75-86-87(83,84)85-74-73-80(3,4)5)77(81)71-69-67-65-63-61-59-57-55-53-51-49-47-31-29-27-25-23-21-19-17-15-13-11-9-7-2/h69,71,76-77,81H,6-68,70,72-75H2,1-5H3,(H-,79,82,83,84)/p+1/b71-69+. The summed E-state index contributed by atoms with van der Waals surface area (Å²) in [7, 11) is 1.60. The van der Waals surface area contributed by atoms with Gasteiger partial charge in [-0.3, -0.25) is 13.8 Å². The summed E-state index contributed by atoms with van der Waals surface area (Å²) in [6.45, 7) is 4.90. The minimum atomic E-state index is -4.35. The van der Waals surface area contributed by atoms with Gasteiger partial charge in [-0.1, -0.05) is 418 Å². The Labute approximate surface area is 545 Å². The van der Waals surface area contributed by atoms with Crippen LogP contribution in [0, 0.1) is 0 Å². The van der Waals surface area contributed by atoms with E-state index in [1.807, 2.05) is 27.2 Å². The van der Waals surface area contributed by atoms with Crippen LogP contribution < -0.4 is 5.32 Å². The van der Waals surface area contributed by atoms with Gasteiger partial charge in [-0.05, 0) is 19.3 Å². The van der Waals surface area contributed by atoms with Gasteiger partial charge in [0.15, 0.2) is 0 Å². The summed E-state index contributed by atoms with van der Waals surface area (Å²) in [6, 6.07) is -0.844. The highest BCUT2D eigenvalue weighted by Crippen LogP contribution is 2.43. The second-order valence-electron chi connectivity index (χ2n) is 28.8. The summed E-state index contributed by atoms with van der Waals surface area (Å²) in [5.41, 5.74) is 0. The topological polar surface area (TPSA) is 105 Å². The lowest BCUT2D eigenvalue weighted by Gasteiger charge is -2.25. The van der Waals surface area contributed by atoms with Crippen molar-refractivity contribution in [1.29, 1.82) is 0 Å². The van der Waals surface area contributed by atoms with Gasteiger partial charge in [-0.2, -0.15) is 0 Å². The number of hydrogen-bond acceptors (Lipinski definition) is 5. The molecule has 0 saturated heterocycles. The number of phosphoric ester groups is 1. The lowest BCUT2D eigenvalue weighted by atomic mass is 10.0. The molecular weight excluding hydrogens is 1090 g/mol. The highest BCUT2D eigenvalue weighted by atomic mass is 31.2. The van der Waals surface area contributed by atoms with E-state index in [1.54, 1.807) is 6.08 Å². The van der Waals surface area contributed by atoms with Crippen LogP contribution in [0.15, 0.2) is 12.2 Å². The van der Waals surface area contributed by atoms with E-state index in [0.29, 0.717) is 17.4 Å². The quantitative estimate of drug-likeness (QED) is 0.0243. The first-order chi connectivity index (χ1) is 42.5. The van der Waals surface area contributed by atoms with Crippen molar-refractivity contribution in [1.82, 2.24) is 5.32 Å². The van der Waals surface area contributed by atoms with Crippen LogP contribution in [0.25, 0.3) is 0 Å². The molecule has 0 radical (unpaired) electrons. The molecule has 87 heavy (non-hydrogen) atoms. The Kier molecular flexibility index (Phi) is 69.0. The Hall–Kier alpha value is -0.760. The predicted octanol–water partition coefficient (Wildman–Crippen LogP) is 25.6. The number of phosphoric acid groups is 1. The third-order valence-corrected chi connectivity index (χ3v) is 19.7. The fourth-order valence-corrected chi connectivity index (χ4v) is 13.4. The number of aliphatic hydroxyl groups excluding tert-OH is 1. The van der Waals surface area contributed by atoms with Crippen LogP contribution in [0.3, 0.4) is 0 Å². The van der Waals surface area contributed by atoms with Crippen molar-refractivity contribution < 1.29 is 32.9 Å². The van der Waals surface area contributed by atoms with Crippen molar-refractivity contribution in [2.45, 2.75) is 443 Å². The summed E-state index contributed by atoms with van der Waals surface area (Å²) in [4.78, 5) is 23.5. The molecule has 0 aliphatic heterocycles. The number of unbranched alkanes of at least 4 members (excludes halogenated alkanes) is 62. The molecule has 8 nitrogen and oxygen atoms in total. The molecule has 3 N–H and O–H groups in total. The van der Waals surface area contributed by atoms with Crippen LogP contribution >= 0.6 is 7.82 Å². The second kappa shape index (κ2) is 69.6. The Balaban J connectivity index is 3.88. The third kappa shape index (κ3) is 72.5. The molecule has 3 atom stereocenters. The smallest absolute Gasteiger partial charge is 0.387 e. The van der Waals surface area contributed by atoms with Crippen molar-refractivity contribution in [2.75, 3.05) is 40.9 Å². The van der Waals surface area contributed by atoms with E-state index in [0.717, 1.165) is 32.1 Å². The van der Waals surface area contributed by atoms with Gasteiger partial charge in [-0.25, -0.2) is 4.57 Å². The SMILES string of the molecule is CCCCCCCCCCCCCCCCCCCCCCCCC/C=C/C(O)C(COP(=O)(O)OCC[N+](C)(C)C)NC(=O)CCCCCCCCCCCCCCCCCCCCCCCCCCCCCCCCCCCCCCCCCC. The van der Waals surface area contributed by atoms with E-state index < -0.39 is 20.0 Å². The van der Waals surface area contributed by atoms with E-state index in [-0.39, 0.29) is 19.1 Å². The van der Waals surface area contributed by atoms with Gasteiger partial charge in [-0.15, -0.1) is 0 Å². The molecule has 520 valence electrons. The fraction of sp³-hybridized carbons (Fsp3) is 0.962. The van der Waals surface area contributed by atoms with E-state index in [9.17, 15) is 19.4 Å². The Bertz CT molecular complexity index is 1420. The molecule has 0 bridgehead atoms. The molecule has 0 heterocycles. The zero-order chi connectivity index (χ0) is 63.4. The van der Waals surface area contributed by atoms with Crippen molar-refractivity contribution >= 4 is 13.7 Å². The van der Waals surface area contributed by atoms with Gasteiger partial charge >= 0.3 is 7.82 Å². The number of amides is 1. The van der Waals surface area contributed by atoms with Crippen molar-refractivity contribution in [2.24, 2.45) is 0 Å². The van der Waals surface area contributed by atoms with Crippen LogP contribution in [0.2, 0.25) is 0 Å². The van der Waals surface area contributed by atoms with Gasteiger partial charge < -0.3 is 19.8 Å². The van der Waals surface area contributed by atoms with Crippen LogP contribution in [-0.2, 0) is 18.4 Å². The van der Waals surface area contributed by atoms with Gasteiger partial charge in [0.25, 0.3) is 0 Å². The molecule has 3 unspecified atom stereocenters.